The van der Waals surface area contributed by atoms with Gasteiger partial charge in [0.25, 0.3) is 5.69 Å². The highest BCUT2D eigenvalue weighted by Gasteiger charge is 2.32. The third-order valence-electron chi connectivity index (χ3n) is 2.68. The average molecular weight is 347 g/mol. The summed E-state index contributed by atoms with van der Waals surface area (Å²) >= 11 is 0. The lowest BCUT2D eigenvalue weighted by atomic mass is 10.2. The van der Waals surface area contributed by atoms with E-state index >= 15 is 0 Å². The first-order valence-corrected chi connectivity index (χ1v) is 7.36. The lowest BCUT2D eigenvalue weighted by Gasteiger charge is -2.10. The molecular formula is C13H8F3NO5S. The predicted molar refractivity (Wildman–Crippen MR) is 72.4 cm³/mol. The molecule has 0 aromatic heterocycles. The van der Waals surface area contributed by atoms with E-state index in [1.54, 1.807) is 0 Å². The Bertz CT molecular complexity index is 849. The molecule has 10 heteroatoms. The minimum atomic E-state index is -4.71. The molecule has 122 valence electrons. The van der Waals surface area contributed by atoms with Crippen LogP contribution >= 0.6 is 0 Å². The zero-order valence-electron chi connectivity index (χ0n) is 11.1. The summed E-state index contributed by atoms with van der Waals surface area (Å²) in [7, 11) is -4.56. The fourth-order valence-electron chi connectivity index (χ4n) is 1.65. The lowest BCUT2D eigenvalue weighted by molar-refractivity contribution is -0.384. The summed E-state index contributed by atoms with van der Waals surface area (Å²) in [5.41, 5.74) is -1.57. The first-order chi connectivity index (χ1) is 10.6. The molecule has 0 heterocycles. The number of hydrogen-bond acceptors (Lipinski definition) is 5. The van der Waals surface area contributed by atoms with Gasteiger partial charge < -0.3 is 4.18 Å². The number of nitrogens with zero attached hydrogens (tertiary/aromatic N) is 1. The fraction of sp³-hybridized carbons (Fsp3) is 0.0769. The molecule has 0 radical (unpaired) electrons. The Morgan fingerprint density at radius 1 is 1.04 bits per heavy atom. The van der Waals surface area contributed by atoms with Crippen LogP contribution in [-0.2, 0) is 16.3 Å². The third kappa shape index (κ3) is 3.97. The highest BCUT2D eigenvalue weighted by Crippen LogP contribution is 2.31. The molecule has 0 unspecified atom stereocenters. The summed E-state index contributed by atoms with van der Waals surface area (Å²) in [6.07, 6.45) is -4.71. The molecule has 0 spiro atoms. The van der Waals surface area contributed by atoms with E-state index in [9.17, 15) is 31.7 Å². The number of nitro groups is 1. The van der Waals surface area contributed by atoms with Crippen LogP contribution in [0, 0.1) is 10.1 Å². The van der Waals surface area contributed by atoms with Crippen LogP contribution in [0.2, 0.25) is 0 Å². The van der Waals surface area contributed by atoms with Gasteiger partial charge in [0, 0.05) is 6.07 Å². The number of benzene rings is 2. The van der Waals surface area contributed by atoms with E-state index in [0.717, 1.165) is 30.3 Å². The molecule has 0 N–H and O–H groups in total. The van der Waals surface area contributed by atoms with Crippen molar-refractivity contribution in [1.29, 1.82) is 0 Å². The highest BCUT2D eigenvalue weighted by molar-refractivity contribution is 7.87. The number of nitro benzene ring substituents is 1. The van der Waals surface area contributed by atoms with Gasteiger partial charge >= 0.3 is 16.3 Å². The highest BCUT2D eigenvalue weighted by atomic mass is 32.2. The Labute approximate surface area is 128 Å². The van der Waals surface area contributed by atoms with Gasteiger partial charge in [0.05, 0.1) is 16.6 Å². The van der Waals surface area contributed by atoms with Gasteiger partial charge in [-0.05, 0) is 24.3 Å². The molecular weight excluding hydrogens is 339 g/mol. The zero-order chi connectivity index (χ0) is 17.3. The molecule has 0 bridgehead atoms. The van der Waals surface area contributed by atoms with Crippen LogP contribution in [0.3, 0.4) is 0 Å². The van der Waals surface area contributed by atoms with E-state index in [1.807, 2.05) is 0 Å². The average Bonchev–Trinajstić information content (AvgIpc) is 2.46. The molecule has 0 aliphatic rings. The summed E-state index contributed by atoms with van der Waals surface area (Å²) in [4.78, 5) is 9.15. The van der Waals surface area contributed by atoms with Crippen molar-refractivity contribution >= 4 is 15.8 Å². The van der Waals surface area contributed by atoms with Gasteiger partial charge in [0.2, 0.25) is 0 Å². The maximum Gasteiger partial charge on any atom is 0.416 e. The topological polar surface area (TPSA) is 86.5 Å². The summed E-state index contributed by atoms with van der Waals surface area (Å²) in [5.74, 6) is -0.378. The molecule has 0 saturated heterocycles. The second-order valence-corrected chi connectivity index (χ2v) is 5.86. The van der Waals surface area contributed by atoms with Crippen molar-refractivity contribution in [3.8, 4) is 5.75 Å². The molecule has 23 heavy (non-hydrogen) atoms. The van der Waals surface area contributed by atoms with Crippen molar-refractivity contribution in [2.24, 2.45) is 0 Å². The van der Waals surface area contributed by atoms with Gasteiger partial charge in [-0.1, -0.05) is 12.1 Å². The normalized spacial score (nSPS) is 12.0. The summed E-state index contributed by atoms with van der Waals surface area (Å²) in [6.45, 7) is 0. The van der Waals surface area contributed by atoms with Crippen molar-refractivity contribution in [1.82, 2.24) is 0 Å². The third-order valence-corrected chi connectivity index (χ3v) is 3.93. The minimum absolute atomic E-state index is 0.378. The molecule has 6 nitrogen and oxygen atoms in total. The van der Waals surface area contributed by atoms with Crippen LogP contribution in [0.4, 0.5) is 18.9 Å². The van der Waals surface area contributed by atoms with E-state index in [-0.39, 0.29) is 5.75 Å². The molecule has 2 aromatic carbocycles. The fourth-order valence-corrected chi connectivity index (χ4v) is 2.62. The molecule has 2 aromatic rings. The molecule has 0 amide bonds. The van der Waals surface area contributed by atoms with E-state index in [0.29, 0.717) is 12.1 Å². The summed E-state index contributed by atoms with van der Waals surface area (Å²) < 4.78 is 66.5. The number of halogens is 3. The van der Waals surface area contributed by atoms with Crippen LogP contribution in [0.1, 0.15) is 5.56 Å². The molecule has 0 saturated carbocycles. The monoisotopic (exact) mass is 347 g/mol. The standard InChI is InChI=1S/C13H8F3NO5S/c14-13(15,16)9-3-1-6-12(7-9)23(20,21)22-11-5-2-4-10(8-11)17(18)19/h1-8H. The van der Waals surface area contributed by atoms with Gasteiger partial charge in [-0.3, -0.25) is 10.1 Å². The zero-order valence-corrected chi connectivity index (χ0v) is 12.0. The Morgan fingerprint density at radius 3 is 2.30 bits per heavy atom. The second-order valence-electron chi connectivity index (χ2n) is 4.32. The van der Waals surface area contributed by atoms with Crippen LogP contribution in [0.25, 0.3) is 0 Å². The van der Waals surface area contributed by atoms with Crippen LogP contribution in [-0.4, -0.2) is 13.3 Å². The van der Waals surface area contributed by atoms with E-state index in [2.05, 4.69) is 4.18 Å². The first-order valence-electron chi connectivity index (χ1n) is 5.96. The summed E-state index contributed by atoms with van der Waals surface area (Å²) in [5, 5.41) is 10.6. The van der Waals surface area contributed by atoms with Gasteiger partial charge in [-0.25, -0.2) is 0 Å². The van der Waals surface area contributed by atoms with E-state index in [4.69, 9.17) is 0 Å². The van der Waals surface area contributed by atoms with E-state index in [1.165, 1.54) is 6.07 Å². The smallest absolute Gasteiger partial charge is 0.379 e. The number of non-ortho nitro benzene ring substituents is 1. The minimum Gasteiger partial charge on any atom is -0.379 e. The number of alkyl halides is 3. The molecule has 0 aliphatic heterocycles. The largest absolute Gasteiger partial charge is 0.416 e. The second kappa shape index (κ2) is 5.88. The van der Waals surface area contributed by atoms with Gasteiger partial charge in [0.15, 0.2) is 0 Å². The maximum absolute atomic E-state index is 12.6. The van der Waals surface area contributed by atoms with Crippen molar-refractivity contribution < 1.29 is 30.7 Å². The lowest BCUT2D eigenvalue weighted by Crippen LogP contribution is -2.12. The van der Waals surface area contributed by atoms with Gasteiger partial charge in [-0.15, -0.1) is 0 Å². The van der Waals surface area contributed by atoms with Crippen LogP contribution in [0.5, 0.6) is 5.75 Å². The van der Waals surface area contributed by atoms with E-state index < -0.39 is 37.4 Å². The number of rotatable bonds is 4. The maximum atomic E-state index is 12.6. The predicted octanol–water partition coefficient (Wildman–Crippen LogP) is 3.38. The molecule has 0 atom stereocenters. The summed E-state index contributed by atoms with van der Waals surface area (Å²) in [6, 6.07) is 7.29. The molecule has 0 aliphatic carbocycles. The first kappa shape index (κ1) is 16.7. The van der Waals surface area contributed by atoms with Crippen LogP contribution < -0.4 is 4.18 Å². The van der Waals surface area contributed by atoms with Gasteiger partial charge in [-0.2, -0.15) is 21.6 Å². The Kier molecular flexibility index (Phi) is 4.28. The number of hydrogen-bond donors (Lipinski definition) is 0. The van der Waals surface area contributed by atoms with Gasteiger partial charge in [0.1, 0.15) is 10.6 Å². The Hall–Kier alpha value is -2.62. The quantitative estimate of drug-likeness (QED) is 0.481. The van der Waals surface area contributed by atoms with Crippen molar-refractivity contribution in [2.45, 2.75) is 11.1 Å². The molecule has 2 rings (SSSR count). The van der Waals surface area contributed by atoms with Crippen LogP contribution in [0.15, 0.2) is 53.4 Å². The van der Waals surface area contributed by atoms with Crippen molar-refractivity contribution in [3.63, 3.8) is 0 Å². The SMILES string of the molecule is O=[N+]([O-])c1cccc(OS(=O)(=O)c2cccc(C(F)(F)F)c2)c1. The Morgan fingerprint density at radius 2 is 1.70 bits per heavy atom. The Balaban J connectivity index is 2.36. The van der Waals surface area contributed by atoms with Crippen molar-refractivity contribution in [3.05, 3.63) is 64.2 Å². The van der Waals surface area contributed by atoms with Crippen molar-refractivity contribution in [2.75, 3.05) is 0 Å². The molecule has 0 fully saturated rings.